The maximum Gasteiger partial charge on any atom is 0.312 e. The molecule has 2 rings (SSSR count). The summed E-state index contributed by atoms with van der Waals surface area (Å²) >= 11 is 5.89. The Bertz CT molecular complexity index is 542. The third-order valence-corrected chi connectivity index (χ3v) is 4.26. The van der Waals surface area contributed by atoms with Gasteiger partial charge in [0.15, 0.2) is 0 Å². The molecule has 1 unspecified atom stereocenters. The molecule has 0 aromatic heterocycles. The molecule has 23 heavy (non-hydrogen) atoms. The summed E-state index contributed by atoms with van der Waals surface area (Å²) in [6, 6.07) is 6.71. The fourth-order valence-corrected chi connectivity index (χ4v) is 2.81. The zero-order chi connectivity index (χ0) is 16.8. The summed E-state index contributed by atoms with van der Waals surface area (Å²) < 4.78 is 0. The molecule has 1 aliphatic rings. The highest BCUT2D eigenvalue weighted by Crippen LogP contribution is 2.16. The van der Waals surface area contributed by atoms with Crippen molar-refractivity contribution in [2.45, 2.75) is 38.4 Å². The first-order chi connectivity index (χ1) is 10.9. The number of likely N-dealkylation sites (tertiary alicyclic amines) is 1. The Morgan fingerprint density at radius 3 is 2.48 bits per heavy atom. The third kappa shape index (κ3) is 5.73. The molecule has 4 N–H and O–H groups in total. The van der Waals surface area contributed by atoms with Gasteiger partial charge in [0.1, 0.15) is 6.04 Å². The number of nitrogens with two attached hydrogens (primary N) is 1. The molecule has 1 aliphatic heterocycles. The van der Waals surface area contributed by atoms with E-state index in [0.717, 1.165) is 37.5 Å². The summed E-state index contributed by atoms with van der Waals surface area (Å²) in [6.45, 7) is 4.35. The molecule has 0 saturated carbocycles. The van der Waals surface area contributed by atoms with Gasteiger partial charge < -0.3 is 16.4 Å². The zero-order valence-electron chi connectivity index (χ0n) is 13.2. The van der Waals surface area contributed by atoms with E-state index >= 15 is 0 Å². The van der Waals surface area contributed by atoms with Crippen molar-refractivity contribution in [3.8, 4) is 0 Å². The first-order valence-corrected chi connectivity index (χ1v) is 8.15. The Morgan fingerprint density at radius 1 is 1.30 bits per heavy atom. The molecule has 1 fully saturated rings. The lowest BCUT2D eigenvalue weighted by Crippen LogP contribution is -2.51. The molecule has 7 heteroatoms. The summed E-state index contributed by atoms with van der Waals surface area (Å²) in [4.78, 5) is 25.1. The second kappa shape index (κ2) is 8.17. The molecular weight excluding hydrogens is 316 g/mol. The van der Waals surface area contributed by atoms with E-state index in [1.165, 1.54) is 5.56 Å². The number of rotatable bonds is 5. The second-order valence-corrected chi connectivity index (χ2v) is 6.35. The number of urea groups is 1. The topological polar surface area (TPSA) is 87.5 Å². The van der Waals surface area contributed by atoms with E-state index in [9.17, 15) is 9.59 Å². The van der Waals surface area contributed by atoms with Crippen molar-refractivity contribution < 1.29 is 9.59 Å². The first-order valence-electron chi connectivity index (χ1n) is 7.77. The lowest BCUT2D eigenvalue weighted by Gasteiger charge is -2.32. The highest BCUT2D eigenvalue weighted by atomic mass is 35.5. The zero-order valence-corrected chi connectivity index (χ0v) is 14.0. The van der Waals surface area contributed by atoms with Crippen LogP contribution in [0.4, 0.5) is 4.79 Å². The lowest BCUT2D eigenvalue weighted by molar-refractivity contribution is -0.123. The van der Waals surface area contributed by atoms with Crippen LogP contribution >= 0.6 is 11.6 Å². The fourth-order valence-electron chi connectivity index (χ4n) is 2.69. The molecule has 0 radical (unpaired) electrons. The number of benzene rings is 1. The van der Waals surface area contributed by atoms with Gasteiger partial charge in [-0.3, -0.25) is 9.69 Å². The molecule has 1 heterocycles. The van der Waals surface area contributed by atoms with Gasteiger partial charge in [-0.25, -0.2) is 4.79 Å². The first kappa shape index (κ1) is 17.6. The van der Waals surface area contributed by atoms with Crippen LogP contribution in [0.2, 0.25) is 5.02 Å². The maximum absolute atomic E-state index is 11.9. The van der Waals surface area contributed by atoms with Crippen LogP contribution in [0.5, 0.6) is 0 Å². The van der Waals surface area contributed by atoms with Crippen LogP contribution in [-0.2, 0) is 11.3 Å². The van der Waals surface area contributed by atoms with E-state index in [-0.39, 0.29) is 11.9 Å². The van der Waals surface area contributed by atoms with Crippen LogP contribution in [0, 0.1) is 0 Å². The van der Waals surface area contributed by atoms with Crippen LogP contribution in [0.25, 0.3) is 0 Å². The second-order valence-electron chi connectivity index (χ2n) is 5.92. The summed E-state index contributed by atoms with van der Waals surface area (Å²) in [7, 11) is 0. The van der Waals surface area contributed by atoms with Crippen LogP contribution in [0.1, 0.15) is 25.3 Å². The van der Waals surface area contributed by atoms with Gasteiger partial charge in [-0.2, -0.15) is 0 Å². The van der Waals surface area contributed by atoms with Gasteiger partial charge in [0.05, 0.1) is 0 Å². The number of carbonyl (C=O) groups excluding carboxylic acids is 2. The molecule has 1 saturated heterocycles. The van der Waals surface area contributed by atoms with Gasteiger partial charge in [-0.15, -0.1) is 0 Å². The average Bonchev–Trinajstić information content (AvgIpc) is 2.51. The maximum atomic E-state index is 11.9. The smallest absolute Gasteiger partial charge is 0.312 e. The Kier molecular flexibility index (Phi) is 6.24. The molecule has 1 atom stereocenters. The largest absolute Gasteiger partial charge is 0.352 e. The molecular formula is C16H23ClN4O2. The van der Waals surface area contributed by atoms with Crippen molar-refractivity contribution in [3.63, 3.8) is 0 Å². The average molecular weight is 339 g/mol. The van der Waals surface area contributed by atoms with Crippen molar-refractivity contribution in [3.05, 3.63) is 34.9 Å². The highest BCUT2D eigenvalue weighted by molar-refractivity contribution is 6.30. The van der Waals surface area contributed by atoms with Crippen molar-refractivity contribution in [2.75, 3.05) is 13.1 Å². The Hall–Kier alpha value is -1.79. The Balaban J connectivity index is 1.74. The monoisotopic (exact) mass is 338 g/mol. The van der Waals surface area contributed by atoms with Crippen LogP contribution < -0.4 is 16.4 Å². The minimum Gasteiger partial charge on any atom is -0.352 e. The van der Waals surface area contributed by atoms with Gasteiger partial charge in [0.2, 0.25) is 5.91 Å². The fraction of sp³-hybridized carbons (Fsp3) is 0.500. The Labute approximate surface area is 141 Å². The van der Waals surface area contributed by atoms with E-state index < -0.39 is 12.1 Å². The molecule has 0 spiro atoms. The van der Waals surface area contributed by atoms with Crippen molar-refractivity contribution in [1.29, 1.82) is 0 Å². The lowest BCUT2D eigenvalue weighted by atomic mass is 10.0. The number of halogens is 1. The van der Waals surface area contributed by atoms with E-state index in [4.69, 9.17) is 17.3 Å². The van der Waals surface area contributed by atoms with E-state index in [1.807, 2.05) is 24.3 Å². The number of nitrogens with one attached hydrogen (secondary N) is 2. The molecule has 126 valence electrons. The van der Waals surface area contributed by atoms with Crippen LogP contribution in [0.15, 0.2) is 24.3 Å². The number of hydrogen-bond acceptors (Lipinski definition) is 3. The number of amides is 3. The summed E-state index contributed by atoms with van der Waals surface area (Å²) in [5.74, 6) is -0.194. The SMILES string of the molecule is CC(NC(N)=O)C(=O)NC1CCN(Cc2ccc(Cl)cc2)CC1. The van der Waals surface area contributed by atoms with Gasteiger partial charge in [0, 0.05) is 30.7 Å². The van der Waals surface area contributed by atoms with Crippen molar-refractivity contribution >= 4 is 23.5 Å². The van der Waals surface area contributed by atoms with Gasteiger partial charge in [0.25, 0.3) is 0 Å². The Morgan fingerprint density at radius 2 is 1.91 bits per heavy atom. The summed E-state index contributed by atoms with van der Waals surface area (Å²) in [5, 5.41) is 6.09. The quantitative estimate of drug-likeness (QED) is 0.760. The van der Waals surface area contributed by atoms with Gasteiger partial charge in [-0.05, 0) is 37.5 Å². The standard InChI is InChI=1S/C16H23ClN4O2/c1-11(19-16(18)23)15(22)20-14-6-8-21(9-7-14)10-12-2-4-13(17)5-3-12/h2-5,11,14H,6-10H2,1H3,(H,20,22)(H3,18,19,23). The normalized spacial score (nSPS) is 17.5. The summed E-state index contributed by atoms with van der Waals surface area (Å²) in [5.41, 5.74) is 6.25. The molecule has 3 amide bonds. The number of hydrogen-bond donors (Lipinski definition) is 3. The van der Waals surface area contributed by atoms with Crippen molar-refractivity contribution in [2.24, 2.45) is 5.73 Å². The number of nitrogens with zero attached hydrogens (tertiary/aromatic N) is 1. The molecule has 0 aliphatic carbocycles. The molecule has 6 nitrogen and oxygen atoms in total. The predicted molar refractivity (Wildman–Crippen MR) is 90.1 cm³/mol. The predicted octanol–water partition coefficient (Wildman–Crippen LogP) is 1.48. The number of primary amides is 1. The third-order valence-electron chi connectivity index (χ3n) is 4.01. The highest BCUT2D eigenvalue weighted by Gasteiger charge is 2.23. The van der Waals surface area contributed by atoms with E-state index in [2.05, 4.69) is 15.5 Å². The molecule has 0 bridgehead atoms. The van der Waals surface area contributed by atoms with E-state index in [0.29, 0.717) is 0 Å². The summed E-state index contributed by atoms with van der Waals surface area (Å²) in [6.07, 6.45) is 1.78. The van der Waals surface area contributed by atoms with Gasteiger partial charge >= 0.3 is 6.03 Å². The van der Waals surface area contributed by atoms with Crippen LogP contribution in [-0.4, -0.2) is 42.0 Å². The number of piperidine rings is 1. The minimum absolute atomic E-state index is 0.140. The molecule has 1 aromatic rings. The molecule has 1 aromatic carbocycles. The van der Waals surface area contributed by atoms with Crippen molar-refractivity contribution in [1.82, 2.24) is 15.5 Å². The minimum atomic E-state index is -0.689. The van der Waals surface area contributed by atoms with Crippen LogP contribution in [0.3, 0.4) is 0 Å². The van der Waals surface area contributed by atoms with E-state index in [1.54, 1.807) is 6.92 Å². The van der Waals surface area contributed by atoms with Gasteiger partial charge in [-0.1, -0.05) is 23.7 Å². The number of carbonyl (C=O) groups is 2.